The maximum atomic E-state index is 12.0. The van der Waals surface area contributed by atoms with Gasteiger partial charge in [-0.1, -0.05) is 12.1 Å². The summed E-state index contributed by atoms with van der Waals surface area (Å²) >= 11 is 5.49. The summed E-state index contributed by atoms with van der Waals surface area (Å²) in [6.45, 7) is 11.1. The van der Waals surface area contributed by atoms with E-state index < -0.39 is 0 Å². The predicted molar refractivity (Wildman–Crippen MR) is 124 cm³/mol. The summed E-state index contributed by atoms with van der Waals surface area (Å²) in [6.07, 6.45) is 0. The van der Waals surface area contributed by atoms with Gasteiger partial charge in [-0.15, -0.1) is 0 Å². The first kappa shape index (κ1) is 23.5. The fourth-order valence-electron chi connectivity index (χ4n) is 2.87. The smallest absolute Gasteiger partial charge is 0.338 e. The van der Waals surface area contributed by atoms with Crippen LogP contribution in [0.25, 0.3) is 0 Å². The van der Waals surface area contributed by atoms with Crippen molar-refractivity contribution in [1.29, 1.82) is 0 Å². The maximum Gasteiger partial charge on any atom is 0.338 e. The van der Waals surface area contributed by atoms with Gasteiger partial charge in [0.05, 0.1) is 31.4 Å². The van der Waals surface area contributed by atoms with E-state index in [-0.39, 0.29) is 12.0 Å². The van der Waals surface area contributed by atoms with Gasteiger partial charge in [0.25, 0.3) is 0 Å². The molecule has 0 heterocycles. The van der Waals surface area contributed by atoms with Crippen molar-refractivity contribution in [2.45, 2.75) is 40.7 Å². The molecule has 0 amide bonds. The van der Waals surface area contributed by atoms with Crippen molar-refractivity contribution >= 4 is 29.0 Å². The van der Waals surface area contributed by atoms with Crippen LogP contribution in [0.5, 0.6) is 11.5 Å². The summed E-state index contributed by atoms with van der Waals surface area (Å²) in [5.74, 6) is 1.08. The second kappa shape index (κ2) is 11.4. The van der Waals surface area contributed by atoms with Crippen molar-refractivity contribution < 1.29 is 19.0 Å². The molecule has 0 aliphatic carbocycles. The average molecular weight is 431 g/mol. The summed E-state index contributed by atoms with van der Waals surface area (Å²) in [5, 5.41) is 6.91. The number of thiocarbonyl (C=S) groups is 1. The van der Waals surface area contributed by atoms with E-state index in [0.29, 0.717) is 36.2 Å². The first-order valence-corrected chi connectivity index (χ1v) is 10.5. The Kier molecular flexibility index (Phi) is 8.92. The van der Waals surface area contributed by atoms with Gasteiger partial charge in [0.2, 0.25) is 0 Å². The van der Waals surface area contributed by atoms with Gasteiger partial charge in [-0.05, 0) is 82.2 Å². The number of esters is 1. The zero-order valence-corrected chi connectivity index (χ0v) is 19.0. The van der Waals surface area contributed by atoms with Crippen LogP contribution in [0.4, 0.5) is 5.69 Å². The molecule has 2 aromatic rings. The molecule has 1 unspecified atom stereocenters. The maximum absolute atomic E-state index is 12.0. The molecular weight excluding hydrogens is 400 g/mol. The molecule has 2 rings (SSSR count). The minimum atomic E-state index is -0.356. The Bertz CT molecular complexity index is 886. The van der Waals surface area contributed by atoms with Crippen LogP contribution in [0.2, 0.25) is 0 Å². The number of anilines is 1. The molecule has 2 aromatic carbocycles. The van der Waals surface area contributed by atoms with Crippen LogP contribution in [-0.2, 0) is 4.74 Å². The Balaban J connectivity index is 2.10. The largest absolute Gasteiger partial charge is 0.490 e. The minimum Gasteiger partial charge on any atom is -0.490 e. The van der Waals surface area contributed by atoms with Gasteiger partial charge in [-0.2, -0.15) is 0 Å². The molecule has 0 spiro atoms. The van der Waals surface area contributed by atoms with Gasteiger partial charge >= 0.3 is 5.97 Å². The lowest BCUT2D eigenvalue weighted by Gasteiger charge is -2.20. The van der Waals surface area contributed by atoms with Crippen LogP contribution in [0.15, 0.2) is 36.4 Å². The lowest BCUT2D eigenvalue weighted by molar-refractivity contribution is 0.0526. The van der Waals surface area contributed by atoms with Crippen molar-refractivity contribution in [3.8, 4) is 11.5 Å². The van der Waals surface area contributed by atoms with Crippen LogP contribution in [0.3, 0.4) is 0 Å². The molecule has 7 heteroatoms. The summed E-state index contributed by atoms with van der Waals surface area (Å²) in [5.41, 5.74) is 3.23. The van der Waals surface area contributed by atoms with Crippen molar-refractivity contribution in [3.63, 3.8) is 0 Å². The molecule has 0 radical (unpaired) electrons. The molecule has 0 fully saturated rings. The van der Waals surface area contributed by atoms with Crippen LogP contribution in [0, 0.1) is 6.92 Å². The van der Waals surface area contributed by atoms with Gasteiger partial charge in [0, 0.05) is 5.69 Å². The van der Waals surface area contributed by atoms with Gasteiger partial charge in [-0.25, -0.2) is 4.79 Å². The third kappa shape index (κ3) is 6.35. The number of hydrogen-bond donors (Lipinski definition) is 2. The molecule has 162 valence electrons. The number of rotatable bonds is 9. The Hall–Kier alpha value is -2.80. The highest BCUT2D eigenvalue weighted by atomic mass is 32.1. The number of hydrogen-bond acceptors (Lipinski definition) is 5. The Labute approximate surface area is 183 Å². The number of ether oxygens (including phenoxy) is 3. The average Bonchev–Trinajstić information content (AvgIpc) is 2.71. The standard InChI is InChI=1S/C23H30N2O4S/c1-6-27-20-12-11-17(14-21(20)28-7-2)16(5)24-23(30)25-19-13-18(10-9-15(19)4)22(26)29-8-3/h9-14,16H,6-8H2,1-5H3,(H2,24,25,30). The molecule has 30 heavy (non-hydrogen) atoms. The molecule has 0 saturated carbocycles. The molecule has 0 bridgehead atoms. The Morgan fingerprint density at radius 2 is 1.70 bits per heavy atom. The van der Waals surface area contributed by atoms with Gasteiger partial charge in [0.15, 0.2) is 16.6 Å². The van der Waals surface area contributed by atoms with E-state index in [9.17, 15) is 4.79 Å². The zero-order valence-electron chi connectivity index (χ0n) is 18.2. The third-order valence-corrected chi connectivity index (χ3v) is 4.63. The van der Waals surface area contributed by atoms with E-state index in [1.165, 1.54) is 0 Å². The molecular formula is C23H30N2O4S. The predicted octanol–water partition coefficient (Wildman–Crippen LogP) is 5.02. The van der Waals surface area contributed by atoms with E-state index >= 15 is 0 Å². The van der Waals surface area contributed by atoms with Crippen molar-refractivity contribution in [2.75, 3.05) is 25.1 Å². The quantitative estimate of drug-likeness (QED) is 0.428. The fourth-order valence-corrected chi connectivity index (χ4v) is 3.16. The highest BCUT2D eigenvalue weighted by Gasteiger charge is 2.14. The third-order valence-electron chi connectivity index (χ3n) is 4.41. The van der Waals surface area contributed by atoms with Gasteiger partial charge in [-0.3, -0.25) is 0 Å². The summed E-state index contributed by atoms with van der Waals surface area (Å²) in [7, 11) is 0. The minimum absolute atomic E-state index is 0.0616. The molecule has 2 N–H and O–H groups in total. The van der Waals surface area contributed by atoms with Crippen molar-refractivity contribution in [3.05, 3.63) is 53.1 Å². The number of carbonyl (C=O) groups excluding carboxylic acids is 1. The summed E-state index contributed by atoms with van der Waals surface area (Å²) in [4.78, 5) is 12.0. The molecule has 0 aromatic heterocycles. The fraction of sp³-hybridized carbons (Fsp3) is 0.391. The number of nitrogens with one attached hydrogen (secondary N) is 2. The van der Waals surface area contributed by atoms with E-state index in [1.54, 1.807) is 19.1 Å². The van der Waals surface area contributed by atoms with Crippen LogP contribution in [-0.4, -0.2) is 30.9 Å². The topological polar surface area (TPSA) is 68.8 Å². The van der Waals surface area contributed by atoms with E-state index in [1.807, 2.05) is 52.0 Å². The van der Waals surface area contributed by atoms with Crippen LogP contribution < -0.4 is 20.1 Å². The summed E-state index contributed by atoms with van der Waals surface area (Å²) < 4.78 is 16.4. The zero-order chi connectivity index (χ0) is 22.1. The van der Waals surface area contributed by atoms with Crippen LogP contribution in [0.1, 0.15) is 55.2 Å². The molecule has 1 atom stereocenters. The number of benzene rings is 2. The molecule has 6 nitrogen and oxygen atoms in total. The van der Waals surface area contributed by atoms with Gasteiger partial charge in [0.1, 0.15) is 0 Å². The van der Waals surface area contributed by atoms with E-state index in [0.717, 1.165) is 22.6 Å². The first-order chi connectivity index (χ1) is 14.4. The Morgan fingerprint density at radius 3 is 2.37 bits per heavy atom. The SMILES string of the molecule is CCOC(=O)c1ccc(C)c(NC(=S)NC(C)c2ccc(OCC)c(OCC)c2)c1. The highest BCUT2D eigenvalue weighted by molar-refractivity contribution is 7.80. The second-order valence-electron chi connectivity index (χ2n) is 6.64. The second-order valence-corrected chi connectivity index (χ2v) is 7.05. The van der Waals surface area contributed by atoms with E-state index in [2.05, 4.69) is 10.6 Å². The van der Waals surface area contributed by atoms with Crippen LogP contribution >= 0.6 is 12.2 Å². The van der Waals surface area contributed by atoms with E-state index in [4.69, 9.17) is 26.4 Å². The first-order valence-electron chi connectivity index (χ1n) is 10.1. The Morgan fingerprint density at radius 1 is 1.00 bits per heavy atom. The number of carbonyl (C=O) groups is 1. The lowest BCUT2D eigenvalue weighted by Crippen LogP contribution is -2.31. The monoisotopic (exact) mass is 430 g/mol. The van der Waals surface area contributed by atoms with Crippen molar-refractivity contribution in [1.82, 2.24) is 5.32 Å². The lowest BCUT2D eigenvalue weighted by atomic mass is 10.1. The molecule has 0 aliphatic heterocycles. The number of aryl methyl sites for hydroxylation is 1. The molecule has 0 saturated heterocycles. The molecule has 0 aliphatic rings. The van der Waals surface area contributed by atoms with Gasteiger partial charge < -0.3 is 24.8 Å². The summed E-state index contributed by atoms with van der Waals surface area (Å²) in [6, 6.07) is 11.1. The highest BCUT2D eigenvalue weighted by Crippen LogP contribution is 2.30. The normalized spacial score (nSPS) is 11.4. The van der Waals surface area contributed by atoms with Crippen molar-refractivity contribution in [2.24, 2.45) is 0 Å².